The number of benzene rings is 2. The standard InChI is InChI=1S/C15H11ClF2O2/c1-9(19)10-3-5-15(14(18)6-10)20-8-11-2-4-12(17)7-13(11)16/h2-7H,8H2,1H3. The summed E-state index contributed by atoms with van der Waals surface area (Å²) in [6.07, 6.45) is 0. The maximum atomic E-state index is 13.7. The number of rotatable bonds is 4. The molecule has 0 spiro atoms. The number of carbonyl (C=O) groups excluding carboxylic acids is 1. The minimum Gasteiger partial charge on any atom is -0.486 e. The van der Waals surface area contributed by atoms with Crippen molar-refractivity contribution in [1.82, 2.24) is 0 Å². The molecule has 0 aliphatic heterocycles. The lowest BCUT2D eigenvalue weighted by molar-refractivity contribution is 0.101. The molecule has 0 aliphatic carbocycles. The van der Waals surface area contributed by atoms with Crippen LogP contribution in [0.25, 0.3) is 0 Å². The van der Waals surface area contributed by atoms with Gasteiger partial charge < -0.3 is 4.74 Å². The normalized spacial score (nSPS) is 10.4. The number of Topliss-reactive ketones (excluding diaryl/α,β-unsaturated/α-hetero) is 1. The zero-order valence-electron chi connectivity index (χ0n) is 10.6. The first-order valence-electron chi connectivity index (χ1n) is 5.84. The molecule has 2 rings (SSSR count). The largest absolute Gasteiger partial charge is 0.486 e. The summed E-state index contributed by atoms with van der Waals surface area (Å²) in [4.78, 5) is 11.1. The summed E-state index contributed by atoms with van der Waals surface area (Å²) in [5.74, 6) is -1.29. The fraction of sp³-hybridized carbons (Fsp3) is 0.133. The molecule has 0 saturated carbocycles. The van der Waals surface area contributed by atoms with Crippen molar-refractivity contribution in [3.63, 3.8) is 0 Å². The molecule has 0 amide bonds. The molecular weight excluding hydrogens is 286 g/mol. The number of halogens is 3. The topological polar surface area (TPSA) is 26.3 Å². The van der Waals surface area contributed by atoms with E-state index in [1.807, 2.05) is 0 Å². The monoisotopic (exact) mass is 296 g/mol. The van der Waals surface area contributed by atoms with Gasteiger partial charge in [0.2, 0.25) is 0 Å². The van der Waals surface area contributed by atoms with Crippen molar-refractivity contribution in [3.8, 4) is 5.75 Å². The lowest BCUT2D eigenvalue weighted by Gasteiger charge is -2.09. The van der Waals surface area contributed by atoms with E-state index in [4.69, 9.17) is 16.3 Å². The minimum absolute atomic E-state index is 0.00938. The fourth-order valence-corrected chi connectivity index (χ4v) is 1.85. The Hall–Kier alpha value is -1.94. The quantitative estimate of drug-likeness (QED) is 0.782. The third-order valence-electron chi connectivity index (χ3n) is 2.74. The fourth-order valence-electron chi connectivity index (χ4n) is 1.63. The van der Waals surface area contributed by atoms with Gasteiger partial charge >= 0.3 is 0 Å². The van der Waals surface area contributed by atoms with Crippen LogP contribution in [0.3, 0.4) is 0 Å². The van der Waals surface area contributed by atoms with Crippen LogP contribution in [0, 0.1) is 11.6 Å². The number of ether oxygens (including phenoxy) is 1. The predicted octanol–water partition coefficient (Wildman–Crippen LogP) is 4.40. The molecule has 0 bridgehead atoms. The summed E-state index contributed by atoms with van der Waals surface area (Å²) in [5, 5.41) is 0.214. The molecule has 0 aromatic heterocycles. The summed E-state index contributed by atoms with van der Waals surface area (Å²) in [6.45, 7) is 1.36. The molecule has 0 heterocycles. The van der Waals surface area contributed by atoms with Crippen molar-refractivity contribution >= 4 is 17.4 Å². The molecule has 5 heteroatoms. The van der Waals surface area contributed by atoms with Gasteiger partial charge in [-0.1, -0.05) is 17.7 Å². The molecule has 2 aromatic carbocycles. The lowest BCUT2D eigenvalue weighted by atomic mass is 10.1. The molecule has 0 saturated heterocycles. The van der Waals surface area contributed by atoms with Gasteiger partial charge in [-0.25, -0.2) is 8.78 Å². The van der Waals surface area contributed by atoms with Crippen molar-refractivity contribution in [2.24, 2.45) is 0 Å². The van der Waals surface area contributed by atoms with Crippen LogP contribution in [0.1, 0.15) is 22.8 Å². The van der Waals surface area contributed by atoms with E-state index in [9.17, 15) is 13.6 Å². The molecule has 0 radical (unpaired) electrons. The number of ketones is 1. The highest BCUT2D eigenvalue weighted by molar-refractivity contribution is 6.31. The molecule has 0 atom stereocenters. The van der Waals surface area contributed by atoms with Gasteiger partial charge in [0.1, 0.15) is 12.4 Å². The number of carbonyl (C=O) groups is 1. The van der Waals surface area contributed by atoms with Crippen LogP contribution < -0.4 is 4.74 Å². The molecule has 104 valence electrons. The van der Waals surface area contributed by atoms with Crippen molar-refractivity contribution in [2.75, 3.05) is 0 Å². The summed E-state index contributed by atoms with van der Waals surface area (Å²) in [7, 11) is 0. The van der Waals surface area contributed by atoms with Gasteiger partial charge in [0, 0.05) is 11.1 Å². The molecular formula is C15H11ClF2O2. The Morgan fingerprint density at radius 3 is 2.55 bits per heavy atom. The lowest BCUT2D eigenvalue weighted by Crippen LogP contribution is -2.00. The highest BCUT2D eigenvalue weighted by Gasteiger charge is 2.09. The third-order valence-corrected chi connectivity index (χ3v) is 3.09. The predicted molar refractivity (Wildman–Crippen MR) is 72.1 cm³/mol. The first kappa shape index (κ1) is 14.5. The molecule has 0 aliphatic rings. The Bertz CT molecular complexity index is 656. The van der Waals surface area contributed by atoms with E-state index >= 15 is 0 Å². The Morgan fingerprint density at radius 2 is 1.95 bits per heavy atom. The van der Waals surface area contributed by atoms with E-state index in [-0.39, 0.29) is 28.7 Å². The average Bonchev–Trinajstić information content (AvgIpc) is 2.38. The van der Waals surface area contributed by atoms with Crippen molar-refractivity contribution in [1.29, 1.82) is 0 Å². The van der Waals surface area contributed by atoms with Crippen LogP contribution in [-0.4, -0.2) is 5.78 Å². The molecule has 2 aromatic rings. The highest BCUT2D eigenvalue weighted by Crippen LogP contribution is 2.23. The van der Waals surface area contributed by atoms with Gasteiger partial charge in [0.25, 0.3) is 0 Å². The van der Waals surface area contributed by atoms with Gasteiger partial charge in [0.15, 0.2) is 17.3 Å². The smallest absolute Gasteiger partial charge is 0.165 e. The van der Waals surface area contributed by atoms with Crippen LogP contribution in [0.2, 0.25) is 5.02 Å². The second-order valence-corrected chi connectivity index (χ2v) is 4.63. The molecule has 2 nitrogen and oxygen atoms in total. The summed E-state index contributed by atoms with van der Waals surface area (Å²) < 4.78 is 31.9. The van der Waals surface area contributed by atoms with E-state index < -0.39 is 11.6 Å². The van der Waals surface area contributed by atoms with Crippen LogP contribution in [0.4, 0.5) is 8.78 Å². The maximum absolute atomic E-state index is 13.7. The zero-order valence-corrected chi connectivity index (χ0v) is 11.4. The Morgan fingerprint density at radius 1 is 1.20 bits per heavy atom. The Balaban J connectivity index is 2.13. The van der Waals surface area contributed by atoms with Gasteiger partial charge in [-0.05, 0) is 37.3 Å². The molecule has 0 unspecified atom stereocenters. The van der Waals surface area contributed by atoms with E-state index in [0.29, 0.717) is 5.56 Å². The van der Waals surface area contributed by atoms with Gasteiger partial charge in [-0.2, -0.15) is 0 Å². The molecule has 0 N–H and O–H groups in total. The molecule has 20 heavy (non-hydrogen) atoms. The van der Waals surface area contributed by atoms with Crippen molar-refractivity contribution in [2.45, 2.75) is 13.5 Å². The number of hydrogen-bond donors (Lipinski definition) is 0. The van der Waals surface area contributed by atoms with Crippen LogP contribution in [0.5, 0.6) is 5.75 Å². The van der Waals surface area contributed by atoms with E-state index in [0.717, 1.165) is 12.1 Å². The van der Waals surface area contributed by atoms with Crippen molar-refractivity contribution < 1.29 is 18.3 Å². The highest BCUT2D eigenvalue weighted by atomic mass is 35.5. The first-order chi connectivity index (χ1) is 9.47. The first-order valence-corrected chi connectivity index (χ1v) is 6.22. The summed E-state index contributed by atoms with van der Waals surface area (Å²) >= 11 is 5.84. The number of hydrogen-bond acceptors (Lipinski definition) is 2. The zero-order chi connectivity index (χ0) is 14.7. The van der Waals surface area contributed by atoms with E-state index in [1.165, 1.54) is 31.2 Å². The summed E-state index contributed by atoms with van der Waals surface area (Å²) in [5.41, 5.74) is 0.817. The average molecular weight is 297 g/mol. The van der Waals surface area contributed by atoms with Crippen LogP contribution in [-0.2, 0) is 6.61 Å². The SMILES string of the molecule is CC(=O)c1ccc(OCc2ccc(F)cc2Cl)c(F)c1. The van der Waals surface area contributed by atoms with E-state index in [1.54, 1.807) is 0 Å². The Kier molecular flexibility index (Phi) is 4.35. The van der Waals surface area contributed by atoms with Crippen LogP contribution in [0.15, 0.2) is 36.4 Å². The second kappa shape index (κ2) is 6.01. The minimum atomic E-state index is -0.629. The summed E-state index contributed by atoms with van der Waals surface area (Å²) in [6, 6.07) is 7.86. The van der Waals surface area contributed by atoms with Gasteiger partial charge in [-0.3, -0.25) is 4.79 Å². The maximum Gasteiger partial charge on any atom is 0.165 e. The van der Waals surface area contributed by atoms with Crippen LogP contribution >= 0.6 is 11.6 Å². The van der Waals surface area contributed by atoms with E-state index in [2.05, 4.69) is 0 Å². The Labute approximate surface area is 119 Å². The van der Waals surface area contributed by atoms with Gasteiger partial charge in [0.05, 0.1) is 5.02 Å². The second-order valence-electron chi connectivity index (χ2n) is 4.23. The van der Waals surface area contributed by atoms with Crippen molar-refractivity contribution in [3.05, 3.63) is 64.2 Å². The molecule has 0 fully saturated rings. The van der Waals surface area contributed by atoms with Gasteiger partial charge in [-0.15, -0.1) is 0 Å². The third kappa shape index (κ3) is 3.33.